The lowest BCUT2D eigenvalue weighted by Gasteiger charge is -2.38. The molecule has 2 heteroatoms. The maximum absolute atomic E-state index is 10.6. The smallest absolute Gasteiger partial charge is 0.0712 e. The normalized spacial score (nSPS) is 19.3. The summed E-state index contributed by atoms with van der Waals surface area (Å²) in [5.74, 6) is 2.67. The van der Waals surface area contributed by atoms with E-state index < -0.39 is 5.60 Å². The lowest BCUT2D eigenvalue weighted by atomic mass is 9.85. The fourth-order valence-electron chi connectivity index (χ4n) is 2.57. The minimum absolute atomic E-state index is 0.534. The first-order chi connectivity index (χ1) is 8.72. The molecule has 0 saturated carbocycles. The van der Waals surface area contributed by atoms with Crippen molar-refractivity contribution in [2.75, 3.05) is 19.6 Å². The topological polar surface area (TPSA) is 23.5 Å². The Hall–Kier alpha value is -1.30. The van der Waals surface area contributed by atoms with Gasteiger partial charge >= 0.3 is 0 Å². The Morgan fingerprint density at radius 3 is 2.50 bits per heavy atom. The summed E-state index contributed by atoms with van der Waals surface area (Å²) in [5, 5.41) is 10.6. The molecule has 1 aromatic carbocycles. The van der Waals surface area contributed by atoms with Gasteiger partial charge in [-0.25, -0.2) is 0 Å². The summed E-state index contributed by atoms with van der Waals surface area (Å²) in [6.07, 6.45) is 8.52. The molecule has 1 aliphatic rings. The summed E-state index contributed by atoms with van der Waals surface area (Å²) in [5.41, 5.74) is 0.686. The Labute approximate surface area is 110 Å². The van der Waals surface area contributed by atoms with E-state index in [4.69, 9.17) is 6.42 Å². The Kier molecular flexibility index (Phi) is 4.41. The largest absolute Gasteiger partial charge is 0.389 e. The number of benzene rings is 1. The molecule has 1 N–H and O–H groups in total. The van der Waals surface area contributed by atoms with Crippen molar-refractivity contribution in [1.29, 1.82) is 0 Å². The summed E-state index contributed by atoms with van der Waals surface area (Å²) in [7, 11) is 0. The summed E-state index contributed by atoms with van der Waals surface area (Å²) in [4.78, 5) is 2.35. The van der Waals surface area contributed by atoms with E-state index in [0.29, 0.717) is 0 Å². The second kappa shape index (κ2) is 6.04. The van der Waals surface area contributed by atoms with E-state index >= 15 is 0 Å². The number of likely N-dealkylation sites (tertiary alicyclic amines) is 1. The minimum Gasteiger partial charge on any atom is -0.389 e. The van der Waals surface area contributed by atoms with Gasteiger partial charge in [-0.05, 0) is 18.4 Å². The SMILES string of the molecule is C#CCCN1CCC(O)(Cc2ccccc2)CC1. The van der Waals surface area contributed by atoms with Crippen molar-refractivity contribution in [2.24, 2.45) is 0 Å². The van der Waals surface area contributed by atoms with E-state index in [1.807, 2.05) is 18.2 Å². The average molecular weight is 243 g/mol. The van der Waals surface area contributed by atoms with Gasteiger partial charge in [0.25, 0.3) is 0 Å². The van der Waals surface area contributed by atoms with E-state index in [2.05, 4.69) is 23.0 Å². The molecule has 0 aliphatic carbocycles. The Morgan fingerprint density at radius 2 is 1.89 bits per heavy atom. The van der Waals surface area contributed by atoms with Crippen LogP contribution in [0.1, 0.15) is 24.8 Å². The molecule has 0 spiro atoms. The van der Waals surface area contributed by atoms with Crippen molar-refractivity contribution in [1.82, 2.24) is 4.90 Å². The first kappa shape index (κ1) is 13.1. The van der Waals surface area contributed by atoms with E-state index in [1.54, 1.807) is 0 Å². The van der Waals surface area contributed by atoms with Gasteiger partial charge in [0.1, 0.15) is 0 Å². The summed E-state index contributed by atoms with van der Waals surface area (Å²) in [6.45, 7) is 2.86. The zero-order valence-corrected chi connectivity index (χ0v) is 10.8. The first-order valence-corrected chi connectivity index (χ1v) is 6.64. The van der Waals surface area contributed by atoms with Crippen LogP contribution in [0.15, 0.2) is 30.3 Å². The third-order valence-electron chi connectivity index (χ3n) is 3.74. The van der Waals surface area contributed by atoms with Crippen LogP contribution in [0, 0.1) is 12.3 Å². The Balaban J connectivity index is 1.86. The molecule has 1 heterocycles. The van der Waals surface area contributed by atoms with Gasteiger partial charge in [0.2, 0.25) is 0 Å². The quantitative estimate of drug-likeness (QED) is 0.818. The van der Waals surface area contributed by atoms with Crippen LogP contribution in [0.25, 0.3) is 0 Å². The maximum atomic E-state index is 10.6. The van der Waals surface area contributed by atoms with Gasteiger partial charge in [-0.15, -0.1) is 12.3 Å². The molecule has 1 saturated heterocycles. The maximum Gasteiger partial charge on any atom is 0.0712 e. The van der Waals surface area contributed by atoms with Gasteiger partial charge in [0.15, 0.2) is 0 Å². The van der Waals surface area contributed by atoms with Crippen LogP contribution in [-0.4, -0.2) is 35.2 Å². The summed E-state index contributed by atoms with van der Waals surface area (Å²) >= 11 is 0. The van der Waals surface area contributed by atoms with Crippen LogP contribution in [0.4, 0.5) is 0 Å². The van der Waals surface area contributed by atoms with Crippen molar-refractivity contribution in [3.63, 3.8) is 0 Å². The molecule has 2 nitrogen and oxygen atoms in total. The van der Waals surface area contributed by atoms with Crippen LogP contribution >= 0.6 is 0 Å². The monoisotopic (exact) mass is 243 g/mol. The second-order valence-corrected chi connectivity index (χ2v) is 5.18. The molecule has 18 heavy (non-hydrogen) atoms. The molecule has 2 rings (SSSR count). The number of hydrogen-bond donors (Lipinski definition) is 1. The van der Waals surface area contributed by atoms with Crippen LogP contribution < -0.4 is 0 Å². The van der Waals surface area contributed by atoms with Crippen molar-refractivity contribution in [2.45, 2.75) is 31.3 Å². The molecular weight excluding hydrogens is 222 g/mol. The van der Waals surface area contributed by atoms with E-state index in [9.17, 15) is 5.11 Å². The van der Waals surface area contributed by atoms with Crippen LogP contribution in [-0.2, 0) is 6.42 Å². The van der Waals surface area contributed by atoms with Crippen molar-refractivity contribution >= 4 is 0 Å². The van der Waals surface area contributed by atoms with Crippen molar-refractivity contribution in [3.05, 3.63) is 35.9 Å². The number of nitrogens with zero attached hydrogens (tertiary/aromatic N) is 1. The third kappa shape index (κ3) is 3.60. The zero-order chi connectivity index (χ0) is 12.8. The van der Waals surface area contributed by atoms with Gasteiger partial charge in [-0.1, -0.05) is 30.3 Å². The Morgan fingerprint density at radius 1 is 1.22 bits per heavy atom. The molecule has 0 amide bonds. The minimum atomic E-state index is -0.534. The average Bonchev–Trinajstić information content (AvgIpc) is 2.39. The van der Waals surface area contributed by atoms with Crippen LogP contribution in [0.2, 0.25) is 0 Å². The Bertz CT molecular complexity index is 399. The number of terminal acetylenes is 1. The third-order valence-corrected chi connectivity index (χ3v) is 3.74. The molecule has 0 unspecified atom stereocenters. The van der Waals surface area contributed by atoms with Gasteiger partial charge in [-0.3, -0.25) is 0 Å². The molecule has 1 fully saturated rings. The molecule has 1 aliphatic heterocycles. The fraction of sp³-hybridized carbons (Fsp3) is 0.500. The predicted octanol–water partition coefficient (Wildman–Crippen LogP) is 2.08. The molecule has 96 valence electrons. The van der Waals surface area contributed by atoms with E-state index in [0.717, 1.165) is 45.3 Å². The summed E-state index contributed by atoms with van der Waals surface area (Å²) in [6, 6.07) is 10.2. The molecule has 0 atom stereocenters. The molecule has 0 bridgehead atoms. The molecule has 1 aromatic rings. The highest BCUT2D eigenvalue weighted by Gasteiger charge is 2.31. The standard InChI is InChI=1S/C16H21NO/c1-2-3-11-17-12-9-16(18,10-13-17)14-15-7-5-4-6-8-15/h1,4-8,18H,3,9-14H2. The van der Waals surface area contributed by atoms with Crippen molar-refractivity contribution in [3.8, 4) is 12.3 Å². The van der Waals surface area contributed by atoms with Gasteiger partial charge in [-0.2, -0.15) is 0 Å². The first-order valence-electron chi connectivity index (χ1n) is 6.64. The van der Waals surface area contributed by atoms with E-state index in [1.165, 1.54) is 5.56 Å². The van der Waals surface area contributed by atoms with Crippen LogP contribution in [0.5, 0.6) is 0 Å². The second-order valence-electron chi connectivity index (χ2n) is 5.18. The number of aliphatic hydroxyl groups is 1. The van der Waals surface area contributed by atoms with Crippen molar-refractivity contribution < 1.29 is 5.11 Å². The predicted molar refractivity (Wildman–Crippen MR) is 74.2 cm³/mol. The number of piperidine rings is 1. The van der Waals surface area contributed by atoms with Gasteiger partial charge in [0.05, 0.1) is 5.60 Å². The fourth-order valence-corrected chi connectivity index (χ4v) is 2.57. The molecule has 0 radical (unpaired) electrons. The van der Waals surface area contributed by atoms with Gasteiger partial charge < -0.3 is 10.0 Å². The highest BCUT2D eigenvalue weighted by Crippen LogP contribution is 2.26. The van der Waals surface area contributed by atoms with E-state index in [-0.39, 0.29) is 0 Å². The highest BCUT2D eigenvalue weighted by atomic mass is 16.3. The number of rotatable bonds is 4. The summed E-state index contributed by atoms with van der Waals surface area (Å²) < 4.78 is 0. The molecular formula is C16H21NO. The van der Waals surface area contributed by atoms with Gasteiger partial charge in [0, 0.05) is 32.5 Å². The zero-order valence-electron chi connectivity index (χ0n) is 10.8. The lowest BCUT2D eigenvalue weighted by molar-refractivity contribution is -0.0200. The molecule has 0 aromatic heterocycles. The lowest BCUT2D eigenvalue weighted by Crippen LogP contribution is -2.45. The number of hydrogen-bond acceptors (Lipinski definition) is 2. The highest BCUT2D eigenvalue weighted by molar-refractivity contribution is 5.17. The van der Waals surface area contributed by atoms with Crippen LogP contribution in [0.3, 0.4) is 0 Å².